The van der Waals surface area contributed by atoms with Crippen molar-refractivity contribution in [2.45, 2.75) is 64.2 Å². The molecule has 8 rings (SSSR count). The summed E-state index contributed by atoms with van der Waals surface area (Å²) in [4.78, 5) is 22.3. The number of fused-ring (bicyclic) bond motifs is 2. The highest BCUT2D eigenvalue weighted by Gasteiger charge is 2.35. The first kappa shape index (κ1) is 35.9. The standard InChI is InChI=1S/C36H36N6O2.C5H8N2OS/c1-4-5-13-34(43)44-23-22-24-14-16-25(17-15-24)39-40-29-18-19-30(27-10-7-6-9-26(27)29)41-42-31-20-21-33-35-28(31)11-8-12-32(35)37-36(2,3)38-33;8-5-6-3-1-9-2-4(3)7-5/h6-12,14-21,37-38H,4-5,13,22-23H2,1-3H3;3-4H,1-2H2,(H2,6,7,8)/t;3-,4?/m.1/s1. The van der Waals surface area contributed by atoms with Gasteiger partial charge in [-0.3, -0.25) is 4.79 Å². The zero-order valence-corrected chi connectivity index (χ0v) is 31.0. The zero-order valence-electron chi connectivity index (χ0n) is 30.2. The Bertz CT molecular complexity index is 2160. The maximum atomic E-state index is 11.7. The van der Waals surface area contributed by atoms with Gasteiger partial charge in [-0.15, -0.1) is 15.3 Å². The Balaban J connectivity index is 0.000000418. The van der Waals surface area contributed by atoms with Gasteiger partial charge in [-0.05, 0) is 68.3 Å². The third-order valence-corrected chi connectivity index (χ3v) is 10.6. The minimum Gasteiger partial charge on any atom is -0.465 e. The molecular weight excluding hydrogens is 685 g/mol. The molecule has 0 aliphatic carbocycles. The number of thioether (sulfide) groups is 1. The summed E-state index contributed by atoms with van der Waals surface area (Å²) in [6.45, 7) is 6.68. The van der Waals surface area contributed by atoms with E-state index in [1.807, 2.05) is 84.6 Å². The monoisotopic (exact) mass is 728 g/mol. The number of anilines is 2. The summed E-state index contributed by atoms with van der Waals surface area (Å²) in [5, 5.41) is 35.3. The van der Waals surface area contributed by atoms with Crippen LogP contribution in [-0.4, -0.2) is 47.9 Å². The second-order valence-corrected chi connectivity index (χ2v) is 15.0. The molecule has 272 valence electrons. The number of nitrogens with one attached hydrogen (secondary N) is 4. The van der Waals surface area contributed by atoms with Crippen molar-refractivity contribution < 1.29 is 14.3 Å². The van der Waals surface area contributed by atoms with Gasteiger partial charge in [0.05, 0.1) is 41.4 Å². The molecule has 3 heterocycles. The topological polar surface area (TPSA) is 141 Å². The molecule has 1 unspecified atom stereocenters. The molecule has 5 aromatic rings. The van der Waals surface area contributed by atoms with E-state index in [0.717, 1.165) is 85.6 Å². The van der Waals surface area contributed by atoms with E-state index >= 15 is 0 Å². The molecule has 0 aromatic heterocycles. The fourth-order valence-corrected chi connectivity index (χ4v) is 7.95. The lowest BCUT2D eigenvalue weighted by molar-refractivity contribution is -0.143. The lowest BCUT2D eigenvalue weighted by Gasteiger charge is -2.36. The fourth-order valence-electron chi connectivity index (χ4n) is 6.67. The molecule has 53 heavy (non-hydrogen) atoms. The highest BCUT2D eigenvalue weighted by Crippen LogP contribution is 2.42. The number of ether oxygens (including phenoxy) is 1. The maximum Gasteiger partial charge on any atom is 0.315 e. The van der Waals surface area contributed by atoms with E-state index in [4.69, 9.17) is 9.85 Å². The van der Waals surface area contributed by atoms with E-state index in [2.05, 4.69) is 75.6 Å². The number of amides is 2. The largest absolute Gasteiger partial charge is 0.465 e. The van der Waals surface area contributed by atoms with Crippen LogP contribution in [0, 0.1) is 0 Å². The Morgan fingerprint density at radius 3 is 2.00 bits per heavy atom. The Morgan fingerprint density at radius 1 is 0.755 bits per heavy atom. The summed E-state index contributed by atoms with van der Waals surface area (Å²) in [5.74, 6) is 2.01. The third kappa shape index (κ3) is 8.60. The van der Waals surface area contributed by atoms with Crippen molar-refractivity contribution in [2.75, 3.05) is 28.7 Å². The number of carbonyl (C=O) groups is 2. The van der Waals surface area contributed by atoms with Gasteiger partial charge in [0.2, 0.25) is 0 Å². The Kier molecular flexibility index (Phi) is 10.9. The molecule has 4 N–H and O–H groups in total. The van der Waals surface area contributed by atoms with Gasteiger partial charge in [-0.1, -0.05) is 61.9 Å². The van der Waals surface area contributed by atoms with Crippen LogP contribution in [0.25, 0.3) is 21.5 Å². The summed E-state index contributed by atoms with van der Waals surface area (Å²) in [7, 11) is 0. The molecule has 2 amide bonds. The highest BCUT2D eigenvalue weighted by molar-refractivity contribution is 7.99. The summed E-state index contributed by atoms with van der Waals surface area (Å²) >= 11 is 1.89. The normalized spacial score (nSPS) is 18.2. The number of benzene rings is 5. The van der Waals surface area contributed by atoms with Crippen LogP contribution in [0.4, 0.5) is 38.9 Å². The number of carbonyl (C=O) groups excluding carboxylic acids is 2. The van der Waals surface area contributed by atoms with Crippen LogP contribution in [0.15, 0.2) is 111 Å². The number of rotatable bonds is 10. The quantitative estimate of drug-likeness (QED) is 0.0641. The van der Waals surface area contributed by atoms with Gasteiger partial charge in [0.15, 0.2) is 0 Å². The van der Waals surface area contributed by atoms with Crippen LogP contribution in [0.5, 0.6) is 0 Å². The van der Waals surface area contributed by atoms with E-state index in [0.29, 0.717) is 31.5 Å². The average molecular weight is 729 g/mol. The fraction of sp³-hybridized carbons (Fsp3) is 0.317. The first-order valence-corrected chi connectivity index (χ1v) is 19.3. The van der Waals surface area contributed by atoms with E-state index < -0.39 is 0 Å². The average Bonchev–Trinajstić information content (AvgIpc) is 3.74. The van der Waals surface area contributed by atoms with Crippen LogP contribution in [0.1, 0.15) is 45.6 Å². The zero-order chi connectivity index (χ0) is 36.8. The highest BCUT2D eigenvalue weighted by atomic mass is 32.2. The molecule has 0 bridgehead atoms. The molecule has 0 spiro atoms. The molecule has 11 nitrogen and oxygen atoms in total. The molecule has 5 aromatic carbocycles. The number of esters is 1. The van der Waals surface area contributed by atoms with Crippen molar-refractivity contribution >= 4 is 79.4 Å². The van der Waals surface area contributed by atoms with E-state index in [1.165, 1.54) is 0 Å². The van der Waals surface area contributed by atoms with E-state index in [1.54, 1.807) is 0 Å². The predicted octanol–water partition coefficient (Wildman–Crippen LogP) is 10.5. The van der Waals surface area contributed by atoms with Gasteiger partial charge in [-0.25, -0.2) is 4.79 Å². The SMILES string of the molecule is CCCCC(=O)OCCc1ccc(N=Nc2ccc(N=Nc3ccc4c5c(cccc35)NC(C)(C)N4)c3ccccc23)cc1.O=C1NC2CSC[C@H]2N1. The summed E-state index contributed by atoms with van der Waals surface area (Å²) in [5.41, 5.74) is 6.07. The van der Waals surface area contributed by atoms with E-state index in [9.17, 15) is 9.59 Å². The molecule has 3 aliphatic heterocycles. The third-order valence-electron chi connectivity index (χ3n) is 9.37. The predicted molar refractivity (Wildman–Crippen MR) is 215 cm³/mol. The van der Waals surface area contributed by atoms with Crippen LogP contribution >= 0.6 is 11.8 Å². The van der Waals surface area contributed by atoms with Crippen molar-refractivity contribution in [1.29, 1.82) is 0 Å². The number of azo groups is 2. The molecule has 0 radical (unpaired) electrons. The smallest absolute Gasteiger partial charge is 0.315 e. The second kappa shape index (κ2) is 16.0. The molecule has 3 aliphatic rings. The second-order valence-electron chi connectivity index (χ2n) is 13.9. The molecule has 2 atom stereocenters. The van der Waals surface area contributed by atoms with Crippen LogP contribution in [-0.2, 0) is 16.0 Å². The Labute approximate surface area is 313 Å². The molecule has 12 heteroatoms. The summed E-state index contributed by atoms with van der Waals surface area (Å²) < 4.78 is 5.32. The number of urea groups is 1. The maximum absolute atomic E-state index is 11.7. The summed E-state index contributed by atoms with van der Waals surface area (Å²) in [6.07, 6.45) is 3.00. The van der Waals surface area contributed by atoms with Crippen molar-refractivity contribution in [2.24, 2.45) is 20.5 Å². The minimum absolute atomic E-state index is 0.00491. The van der Waals surface area contributed by atoms with Gasteiger partial charge in [0.25, 0.3) is 0 Å². The molecule has 2 fully saturated rings. The Morgan fingerprint density at radius 2 is 1.34 bits per heavy atom. The van der Waals surface area contributed by atoms with Crippen LogP contribution < -0.4 is 21.3 Å². The van der Waals surface area contributed by atoms with Crippen molar-refractivity contribution in [3.05, 3.63) is 96.6 Å². The first-order valence-electron chi connectivity index (χ1n) is 18.1. The Hall–Kier alpha value is -5.49. The number of unbranched alkanes of at least 4 members (excludes halogenated alkanes) is 1. The van der Waals surface area contributed by atoms with Crippen LogP contribution in [0.2, 0.25) is 0 Å². The van der Waals surface area contributed by atoms with Crippen molar-refractivity contribution in [3.8, 4) is 0 Å². The van der Waals surface area contributed by atoms with Crippen molar-refractivity contribution in [3.63, 3.8) is 0 Å². The minimum atomic E-state index is -0.239. The number of hydrogen-bond acceptors (Lipinski definition) is 10. The first-order chi connectivity index (χ1) is 25.8. The van der Waals surface area contributed by atoms with Gasteiger partial charge >= 0.3 is 12.0 Å². The molecule has 2 saturated heterocycles. The van der Waals surface area contributed by atoms with E-state index in [-0.39, 0.29) is 17.7 Å². The number of hydrogen-bond donors (Lipinski definition) is 4. The summed E-state index contributed by atoms with van der Waals surface area (Å²) in [6, 6.07) is 30.8. The van der Waals surface area contributed by atoms with Gasteiger partial charge in [0.1, 0.15) is 5.66 Å². The lowest BCUT2D eigenvalue weighted by atomic mass is 10.00. The van der Waals surface area contributed by atoms with Gasteiger partial charge in [0, 0.05) is 57.3 Å². The molecule has 0 saturated carbocycles. The van der Waals surface area contributed by atoms with Gasteiger partial charge < -0.3 is 26.0 Å². The number of nitrogens with zero attached hydrogens (tertiary/aromatic N) is 4. The van der Waals surface area contributed by atoms with Crippen molar-refractivity contribution in [1.82, 2.24) is 10.6 Å². The van der Waals surface area contributed by atoms with Crippen LogP contribution in [0.3, 0.4) is 0 Å². The van der Waals surface area contributed by atoms with Gasteiger partial charge in [-0.2, -0.15) is 16.9 Å². The lowest BCUT2D eigenvalue weighted by Crippen LogP contribution is -2.41. The molecular formula is C41H44N8O3S.